The van der Waals surface area contributed by atoms with Crippen molar-refractivity contribution >= 4 is 11.9 Å². The fraction of sp³-hybridized carbons (Fsp3) is 0.455. The van der Waals surface area contributed by atoms with Crippen molar-refractivity contribution in [3.8, 4) is 11.3 Å². The summed E-state index contributed by atoms with van der Waals surface area (Å²) in [5, 5.41) is 9.09. The number of amides is 1. The van der Waals surface area contributed by atoms with Gasteiger partial charge in [0.2, 0.25) is 5.91 Å². The van der Waals surface area contributed by atoms with E-state index in [1.165, 1.54) is 0 Å². The SMILES string of the molecule is Cc1cc(-c2ccc(C(=O)O)cc2)nc([C@H]2CCCCN2C(=O)C(C)(C)C)n1. The van der Waals surface area contributed by atoms with E-state index in [2.05, 4.69) is 4.98 Å². The highest BCUT2D eigenvalue weighted by Crippen LogP contribution is 2.33. The van der Waals surface area contributed by atoms with Crippen LogP contribution in [-0.4, -0.2) is 38.4 Å². The number of carbonyl (C=O) groups excluding carboxylic acids is 1. The van der Waals surface area contributed by atoms with Crippen LogP contribution in [0.3, 0.4) is 0 Å². The largest absolute Gasteiger partial charge is 0.478 e. The van der Waals surface area contributed by atoms with Gasteiger partial charge in [0.05, 0.1) is 17.3 Å². The average Bonchev–Trinajstić information content (AvgIpc) is 2.66. The van der Waals surface area contributed by atoms with Gasteiger partial charge in [0, 0.05) is 23.2 Å². The van der Waals surface area contributed by atoms with Crippen LogP contribution in [0.1, 0.15) is 68.0 Å². The van der Waals surface area contributed by atoms with Crippen LogP contribution in [0.25, 0.3) is 11.3 Å². The third-order valence-corrected chi connectivity index (χ3v) is 5.00. The molecular formula is C22H27N3O3. The Labute approximate surface area is 165 Å². The van der Waals surface area contributed by atoms with E-state index in [0.29, 0.717) is 5.82 Å². The standard InChI is InChI=1S/C22H27N3O3/c1-14-13-17(15-8-10-16(11-9-15)20(26)27)24-19(23-14)18-7-5-6-12-25(18)21(28)22(2,3)4/h8-11,13,18H,5-7,12H2,1-4H3,(H,26,27)/t18-/m1/s1. The lowest BCUT2D eigenvalue weighted by Gasteiger charge is -2.38. The Hall–Kier alpha value is -2.76. The minimum absolute atomic E-state index is 0.120. The van der Waals surface area contributed by atoms with Gasteiger partial charge in [-0.25, -0.2) is 14.8 Å². The summed E-state index contributed by atoms with van der Waals surface area (Å²) in [6, 6.07) is 8.42. The van der Waals surface area contributed by atoms with Gasteiger partial charge in [0.1, 0.15) is 0 Å². The molecule has 1 aromatic carbocycles. The van der Waals surface area contributed by atoms with Crippen LogP contribution in [-0.2, 0) is 4.79 Å². The second kappa shape index (κ2) is 7.70. The molecule has 6 nitrogen and oxygen atoms in total. The fourth-order valence-corrected chi connectivity index (χ4v) is 3.55. The molecule has 0 saturated carbocycles. The Kier molecular flexibility index (Phi) is 5.49. The Morgan fingerprint density at radius 2 is 1.79 bits per heavy atom. The molecule has 3 rings (SSSR count). The van der Waals surface area contributed by atoms with Gasteiger partial charge in [0.15, 0.2) is 5.82 Å². The predicted molar refractivity (Wildman–Crippen MR) is 107 cm³/mol. The minimum atomic E-state index is -0.954. The molecule has 1 N–H and O–H groups in total. The van der Waals surface area contributed by atoms with Gasteiger partial charge in [-0.3, -0.25) is 4.79 Å². The van der Waals surface area contributed by atoms with Crippen LogP contribution in [0.2, 0.25) is 0 Å². The lowest BCUT2D eigenvalue weighted by Crippen LogP contribution is -2.44. The summed E-state index contributed by atoms with van der Waals surface area (Å²) in [5.41, 5.74) is 2.20. The van der Waals surface area contributed by atoms with Gasteiger partial charge >= 0.3 is 5.97 Å². The number of benzene rings is 1. The highest BCUT2D eigenvalue weighted by Gasteiger charge is 2.35. The molecule has 2 heterocycles. The van der Waals surface area contributed by atoms with Gasteiger partial charge in [-0.15, -0.1) is 0 Å². The highest BCUT2D eigenvalue weighted by atomic mass is 16.4. The lowest BCUT2D eigenvalue weighted by molar-refractivity contribution is -0.143. The van der Waals surface area contributed by atoms with Gasteiger partial charge < -0.3 is 10.0 Å². The van der Waals surface area contributed by atoms with E-state index in [4.69, 9.17) is 10.1 Å². The van der Waals surface area contributed by atoms with E-state index in [0.717, 1.165) is 42.8 Å². The molecule has 1 atom stereocenters. The molecule has 1 fully saturated rings. The number of hydrogen-bond donors (Lipinski definition) is 1. The van der Waals surface area contributed by atoms with Crippen molar-refractivity contribution in [2.45, 2.75) is 53.0 Å². The number of hydrogen-bond acceptors (Lipinski definition) is 4. The maximum Gasteiger partial charge on any atom is 0.335 e. The van der Waals surface area contributed by atoms with Crippen molar-refractivity contribution in [1.82, 2.24) is 14.9 Å². The smallest absolute Gasteiger partial charge is 0.335 e. The number of carbonyl (C=O) groups is 2. The lowest BCUT2D eigenvalue weighted by atomic mass is 9.91. The number of aryl methyl sites for hydroxylation is 1. The summed E-state index contributed by atoms with van der Waals surface area (Å²) < 4.78 is 0. The molecule has 2 aromatic rings. The number of aromatic carboxylic acids is 1. The molecule has 0 aliphatic carbocycles. The molecule has 1 aliphatic rings. The van der Waals surface area contributed by atoms with Crippen LogP contribution < -0.4 is 0 Å². The van der Waals surface area contributed by atoms with E-state index in [-0.39, 0.29) is 17.5 Å². The van der Waals surface area contributed by atoms with Gasteiger partial charge in [-0.1, -0.05) is 32.9 Å². The number of nitrogens with zero attached hydrogens (tertiary/aromatic N) is 3. The summed E-state index contributed by atoms with van der Waals surface area (Å²) >= 11 is 0. The van der Waals surface area contributed by atoms with Crippen LogP contribution in [0, 0.1) is 12.3 Å². The third kappa shape index (κ3) is 4.21. The molecule has 0 spiro atoms. The molecule has 1 amide bonds. The van der Waals surface area contributed by atoms with Crippen molar-refractivity contribution < 1.29 is 14.7 Å². The molecule has 0 radical (unpaired) electrons. The molecule has 0 unspecified atom stereocenters. The monoisotopic (exact) mass is 381 g/mol. The minimum Gasteiger partial charge on any atom is -0.478 e. The molecule has 1 saturated heterocycles. The molecule has 28 heavy (non-hydrogen) atoms. The van der Waals surface area contributed by atoms with Crippen molar-refractivity contribution in [3.05, 3.63) is 47.4 Å². The van der Waals surface area contributed by atoms with Crippen LogP contribution >= 0.6 is 0 Å². The first-order valence-corrected chi connectivity index (χ1v) is 9.67. The second-order valence-electron chi connectivity index (χ2n) is 8.40. The molecule has 0 bridgehead atoms. The quantitative estimate of drug-likeness (QED) is 0.859. The summed E-state index contributed by atoms with van der Waals surface area (Å²) in [6.45, 7) is 8.45. The average molecular weight is 381 g/mol. The highest BCUT2D eigenvalue weighted by molar-refractivity contribution is 5.88. The number of carboxylic acid groups (broad SMARTS) is 1. The fourth-order valence-electron chi connectivity index (χ4n) is 3.55. The van der Waals surface area contributed by atoms with Crippen LogP contribution in [0.15, 0.2) is 30.3 Å². The van der Waals surface area contributed by atoms with E-state index in [1.807, 2.05) is 38.7 Å². The zero-order valence-corrected chi connectivity index (χ0v) is 16.9. The van der Waals surface area contributed by atoms with Crippen molar-refractivity contribution in [3.63, 3.8) is 0 Å². The van der Waals surface area contributed by atoms with Gasteiger partial charge in [0.25, 0.3) is 0 Å². The summed E-state index contributed by atoms with van der Waals surface area (Å²) in [7, 11) is 0. The number of piperidine rings is 1. The Morgan fingerprint density at radius 3 is 2.39 bits per heavy atom. The van der Waals surface area contributed by atoms with Gasteiger partial charge in [-0.05, 0) is 44.4 Å². The number of likely N-dealkylation sites (tertiary alicyclic amines) is 1. The molecular weight excluding hydrogens is 354 g/mol. The van der Waals surface area contributed by atoms with E-state index >= 15 is 0 Å². The Morgan fingerprint density at radius 1 is 1.11 bits per heavy atom. The summed E-state index contributed by atoms with van der Waals surface area (Å²) in [6.07, 6.45) is 2.88. The maximum absolute atomic E-state index is 13.0. The molecule has 6 heteroatoms. The van der Waals surface area contributed by atoms with Crippen LogP contribution in [0.4, 0.5) is 0 Å². The summed E-state index contributed by atoms with van der Waals surface area (Å²) in [5.74, 6) is -0.172. The van der Waals surface area contributed by atoms with Gasteiger partial charge in [-0.2, -0.15) is 0 Å². The van der Waals surface area contributed by atoms with Crippen LogP contribution in [0.5, 0.6) is 0 Å². The first-order chi connectivity index (χ1) is 13.2. The maximum atomic E-state index is 13.0. The molecule has 1 aliphatic heterocycles. The zero-order chi connectivity index (χ0) is 20.5. The molecule has 148 valence electrons. The normalized spacial score (nSPS) is 17.4. The number of aromatic nitrogens is 2. The predicted octanol–water partition coefficient (Wildman–Crippen LogP) is 4.25. The Balaban J connectivity index is 1.97. The Bertz CT molecular complexity index is 885. The van der Waals surface area contributed by atoms with Crippen molar-refractivity contribution in [1.29, 1.82) is 0 Å². The van der Waals surface area contributed by atoms with Crippen molar-refractivity contribution in [2.75, 3.05) is 6.54 Å². The topological polar surface area (TPSA) is 83.4 Å². The first kappa shape index (κ1) is 20.0. The molecule has 1 aromatic heterocycles. The zero-order valence-electron chi connectivity index (χ0n) is 16.9. The van der Waals surface area contributed by atoms with E-state index < -0.39 is 11.4 Å². The van der Waals surface area contributed by atoms with E-state index in [9.17, 15) is 9.59 Å². The third-order valence-electron chi connectivity index (χ3n) is 5.00. The number of rotatable bonds is 3. The number of carboxylic acids is 1. The van der Waals surface area contributed by atoms with E-state index in [1.54, 1.807) is 24.3 Å². The first-order valence-electron chi connectivity index (χ1n) is 9.67. The second-order valence-corrected chi connectivity index (χ2v) is 8.40. The summed E-state index contributed by atoms with van der Waals surface area (Å²) in [4.78, 5) is 35.4. The van der Waals surface area contributed by atoms with Crippen molar-refractivity contribution in [2.24, 2.45) is 5.41 Å².